The monoisotopic (exact) mass is 293 g/mol. The summed E-state index contributed by atoms with van der Waals surface area (Å²) in [6.45, 7) is -0.144. The fraction of sp³-hybridized carbons (Fsp3) is 0.143. The summed E-state index contributed by atoms with van der Waals surface area (Å²) < 4.78 is 30.8. The molecule has 0 amide bonds. The second-order valence-corrected chi connectivity index (χ2v) is 5.79. The molecule has 1 heterocycles. The number of benzene rings is 1. The molecule has 106 valence electrons. The molecule has 5 nitrogen and oxygen atoms in total. The lowest BCUT2D eigenvalue weighted by Crippen LogP contribution is -2.26. The molecule has 0 bridgehead atoms. The smallest absolute Gasteiger partial charge is 0.233 e. The highest BCUT2D eigenvalue weighted by molar-refractivity contribution is 7.92. The Kier molecular flexibility index (Phi) is 4.73. The molecule has 1 aromatic heterocycles. The Morgan fingerprint density at radius 2 is 1.95 bits per heavy atom. The van der Waals surface area contributed by atoms with Crippen LogP contribution in [0.25, 0.3) is 6.08 Å². The number of furan rings is 1. The van der Waals surface area contributed by atoms with Crippen LogP contribution in [0.4, 0.5) is 0 Å². The maximum atomic E-state index is 11.7. The quantitative estimate of drug-likeness (QED) is 0.852. The van der Waals surface area contributed by atoms with Crippen LogP contribution in [0.2, 0.25) is 0 Å². The van der Waals surface area contributed by atoms with Crippen LogP contribution in [0.15, 0.2) is 58.6 Å². The highest BCUT2D eigenvalue weighted by atomic mass is 32.2. The van der Waals surface area contributed by atoms with E-state index in [4.69, 9.17) is 4.42 Å². The van der Waals surface area contributed by atoms with Crippen molar-refractivity contribution in [1.82, 2.24) is 4.72 Å². The van der Waals surface area contributed by atoms with Gasteiger partial charge in [0.25, 0.3) is 0 Å². The van der Waals surface area contributed by atoms with Gasteiger partial charge >= 0.3 is 0 Å². The SMILES string of the molecule is O=S(=O)(/C=C/c1ccccc1)NCC(O)c1ccco1. The van der Waals surface area contributed by atoms with Crippen LogP contribution in [-0.2, 0) is 10.0 Å². The summed E-state index contributed by atoms with van der Waals surface area (Å²) in [7, 11) is -3.60. The van der Waals surface area contributed by atoms with Gasteiger partial charge in [-0.05, 0) is 23.8 Å². The first kappa shape index (κ1) is 14.5. The van der Waals surface area contributed by atoms with E-state index in [1.165, 1.54) is 12.3 Å². The van der Waals surface area contributed by atoms with Crippen molar-refractivity contribution in [3.63, 3.8) is 0 Å². The van der Waals surface area contributed by atoms with E-state index >= 15 is 0 Å². The van der Waals surface area contributed by atoms with E-state index in [1.807, 2.05) is 18.2 Å². The van der Waals surface area contributed by atoms with Gasteiger partial charge < -0.3 is 9.52 Å². The Balaban J connectivity index is 1.93. The van der Waals surface area contributed by atoms with Gasteiger partial charge in [-0.3, -0.25) is 0 Å². The van der Waals surface area contributed by atoms with E-state index in [1.54, 1.807) is 24.3 Å². The summed E-state index contributed by atoms with van der Waals surface area (Å²) in [6.07, 6.45) is 1.90. The molecule has 2 rings (SSSR count). The summed E-state index contributed by atoms with van der Waals surface area (Å²) in [4.78, 5) is 0. The molecule has 1 unspecified atom stereocenters. The van der Waals surface area contributed by atoms with E-state index in [2.05, 4.69) is 4.72 Å². The third-order valence-electron chi connectivity index (χ3n) is 2.59. The summed E-state index contributed by atoms with van der Waals surface area (Å²) in [5.74, 6) is 0.319. The number of aliphatic hydroxyl groups excluding tert-OH is 1. The maximum absolute atomic E-state index is 11.7. The highest BCUT2D eigenvalue weighted by Crippen LogP contribution is 2.12. The van der Waals surface area contributed by atoms with E-state index in [0.29, 0.717) is 5.76 Å². The summed E-state index contributed by atoms with van der Waals surface area (Å²) >= 11 is 0. The molecule has 20 heavy (non-hydrogen) atoms. The van der Waals surface area contributed by atoms with Crippen molar-refractivity contribution in [2.24, 2.45) is 0 Å². The molecule has 6 heteroatoms. The predicted octanol–water partition coefficient (Wildman–Crippen LogP) is 1.90. The van der Waals surface area contributed by atoms with Crippen molar-refractivity contribution >= 4 is 16.1 Å². The minimum atomic E-state index is -3.60. The number of hydrogen-bond acceptors (Lipinski definition) is 4. The van der Waals surface area contributed by atoms with Gasteiger partial charge in [0.05, 0.1) is 6.26 Å². The average molecular weight is 293 g/mol. The van der Waals surface area contributed by atoms with Crippen molar-refractivity contribution in [1.29, 1.82) is 0 Å². The Bertz CT molecular complexity index is 648. The van der Waals surface area contributed by atoms with E-state index < -0.39 is 16.1 Å². The van der Waals surface area contributed by atoms with Crippen LogP contribution in [0.3, 0.4) is 0 Å². The molecular weight excluding hydrogens is 278 g/mol. The zero-order chi connectivity index (χ0) is 14.4. The third kappa shape index (κ3) is 4.34. The molecule has 0 radical (unpaired) electrons. The lowest BCUT2D eigenvalue weighted by Gasteiger charge is -2.07. The minimum absolute atomic E-state index is 0.144. The largest absolute Gasteiger partial charge is 0.467 e. The molecule has 0 fully saturated rings. The van der Waals surface area contributed by atoms with Gasteiger partial charge in [-0.2, -0.15) is 0 Å². The van der Waals surface area contributed by atoms with Crippen molar-refractivity contribution < 1.29 is 17.9 Å². The Morgan fingerprint density at radius 1 is 1.20 bits per heavy atom. The van der Waals surface area contributed by atoms with Crippen LogP contribution < -0.4 is 4.72 Å². The molecule has 0 saturated heterocycles. The summed E-state index contributed by atoms with van der Waals surface area (Å²) in [5.41, 5.74) is 0.782. The average Bonchev–Trinajstić information content (AvgIpc) is 2.98. The van der Waals surface area contributed by atoms with Gasteiger partial charge in [0.2, 0.25) is 10.0 Å². The predicted molar refractivity (Wildman–Crippen MR) is 76.1 cm³/mol. The molecule has 0 spiro atoms. The third-order valence-corrected chi connectivity index (χ3v) is 3.65. The van der Waals surface area contributed by atoms with E-state index in [-0.39, 0.29) is 6.54 Å². The normalized spacial score (nSPS) is 13.7. The number of aliphatic hydroxyl groups is 1. The van der Waals surface area contributed by atoms with Crippen LogP contribution in [-0.4, -0.2) is 20.1 Å². The molecule has 2 aromatic rings. The lowest BCUT2D eigenvalue weighted by molar-refractivity contribution is 0.154. The van der Waals surface area contributed by atoms with Crippen molar-refractivity contribution in [2.45, 2.75) is 6.10 Å². The van der Waals surface area contributed by atoms with Crippen LogP contribution in [0, 0.1) is 0 Å². The maximum Gasteiger partial charge on any atom is 0.233 e. The second kappa shape index (κ2) is 6.51. The summed E-state index contributed by atoms with van der Waals surface area (Å²) in [6, 6.07) is 12.3. The molecule has 0 aliphatic carbocycles. The molecule has 0 aliphatic heterocycles. The van der Waals surface area contributed by atoms with Crippen molar-refractivity contribution in [2.75, 3.05) is 6.54 Å². The molecule has 1 atom stereocenters. The lowest BCUT2D eigenvalue weighted by atomic mass is 10.2. The topological polar surface area (TPSA) is 79.5 Å². The first-order valence-corrected chi connectivity index (χ1v) is 7.56. The standard InChI is InChI=1S/C14H15NO4S/c16-13(14-7-4-9-19-14)11-15-20(17,18)10-8-12-5-2-1-3-6-12/h1-10,13,15-16H,11H2/b10-8+. The van der Waals surface area contributed by atoms with Crippen LogP contribution in [0.1, 0.15) is 17.4 Å². The Morgan fingerprint density at radius 3 is 2.60 bits per heavy atom. The van der Waals surface area contributed by atoms with E-state index in [9.17, 15) is 13.5 Å². The highest BCUT2D eigenvalue weighted by Gasteiger charge is 2.13. The molecule has 0 saturated carbocycles. The fourth-order valence-electron chi connectivity index (χ4n) is 1.56. The molecule has 1 aromatic carbocycles. The molecule has 2 N–H and O–H groups in total. The van der Waals surface area contributed by atoms with Gasteiger partial charge in [0, 0.05) is 12.0 Å². The zero-order valence-electron chi connectivity index (χ0n) is 10.6. The number of nitrogens with one attached hydrogen (secondary N) is 1. The fourth-order valence-corrected chi connectivity index (χ4v) is 2.38. The first-order valence-electron chi connectivity index (χ1n) is 6.01. The van der Waals surface area contributed by atoms with Gasteiger partial charge in [0.1, 0.15) is 11.9 Å². The number of rotatable bonds is 6. The van der Waals surface area contributed by atoms with Crippen molar-refractivity contribution in [3.05, 3.63) is 65.5 Å². The molecular formula is C14H15NO4S. The first-order chi connectivity index (χ1) is 9.57. The number of hydrogen-bond donors (Lipinski definition) is 2. The summed E-state index contributed by atoms with van der Waals surface area (Å²) in [5, 5.41) is 10.8. The van der Waals surface area contributed by atoms with Gasteiger partial charge in [-0.25, -0.2) is 13.1 Å². The zero-order valence-corrected chi connectivity index (χ0v) is 11.5. The minimum Gasteiger partial charge on any atom is -0.467 e. The van der Waals surface area contributed by atoms with Crippen molar-refractivity contribution in [3.8, 4) is 0 Å². The van der Waals surface area contributed by atoms with E-state index in [0.717, 1.165) is 11.0 Å². The van der Waals surface area contributed by atoms with Crippen LogP contribution >= 0.6 is 0 Å². The van der Waals surface area contributed by atoms with Gasteiger partial charge in [-0.1, -0.05) is 30.3 Å². The molecule has 0 aliphatic rings. The number of sulfonamides is 1. The van der Waals surface area contributed by atoms with Gasteiger partial charge in [0.15, 0.2) is 0 Å². The Labute approximate surface area is 117 Å². The Hall–Kier alpha value is -1.89. The van der Waals surface area contributed by atoms with Gasteiger partial charge in [-0.15, -0.1) is 0 Å². The van der Waals surface area contributed by atoms with Crippen LogP contribution in [0.5, 0.6) is 0 Å². The second-order valence-electron chi connectivity index (χ2n) is 4.14.